The predicted molar refractivity (Wildman–Crippen MR) is 36.5 cm³/mol. The van der Waals surface area contributed by atoms with Crippen molar-refractivity contribution < 1.29 is 0 Å². The van der Waals surface area contributed by atoms with E-state index in [9.17, 15) is 0 Å². The quantitative estimate of drug-likeness (QED) is 0.527. The Morgan fingerprint density at radius 2 is 1.50 bits per heavy atom. The Kier molecular flexibility index (Phi) is 1.77. The summed E-state index contributed by atoms with van der Waals surface area (Å²) in [6.07, 6.45) is 0. The summed E-state index contributed by atoms with van der Waals surface area (Å²) in [6.45, 7) is 0. The van der Waals surface area contributed by atoms with Crippen molar-refractivity contribution in [2.24, 2.45) is 0 Å². The van der Waals surface area contributed by atoms with Crippen LogP contribution in [0.1, 0.15) is 0 Å². The molecule has 1 rings (SSSR count). The molecule has 1 aromatic carbocycles. The van der Waals surface area contributed by atoms with Gasteiger partial charge in [0.05, 0.1) is 0 Å². The Labute approximate surface area is 58.0 Å². The van der Waals surface area contributed by atoms with E-state index in [1.54, 1.807) is 18.2 Å². The molecule has 0 spiro atoms. The van der Waals surface area contributed by atoms with E-state index in [0.29, 0.717) is 10.0 Å². The van der Waals surface area contributed by atoms with Crippen LogP contribution in [0.2, 0.25) is 10.0 Å². The van der Waals surface area contributed by atoms with Crippen LogP contribution < -0.4 is 0 Å². The van der Waals surface area contributed by atoms with Gasteiger partial charge in [0.2, 0.25) is 0 Å². The lowest BCUT2D eigenvalue weighted by molar-refractivity contribution is 1.71. The molecular weight excluding hydrogens is 142 g/mol. The van der Waals surface area contributed by atoms with Crippen LogP contribution in [0.5, 0.6) is 0 Å². The van der Waals surface area contributed by atoms with Gasteiger partial charge >= 0.3 is 0 Å². The molecule has 0 bridgehead atoms. The van der Waals surface area contributed by atoms with Gasteiger partial charge in [-0.05, 0) is 18.2 Å². The molecule has 0 unspecified atom stereocenters. The third kappa shape index (κ3) is 1.39. The van der Waals surface area contributed by atoms with Crippen LogP contribution in [0.4, 0.5) is 0 Å². The van der Waals surface area contributed by atoms with Crippen molar-refractivity contribution in [3.05, 3.63) is 34.3 Å². The maximum Gasteiger partial charge on any atom is 0.0420 e. The van der Waals surface area contributed by atoms with Crippen molar-refractivity contribution in [3.63, 3.8) is 0 Å². The monoisotopic (exact) mass is 146 g/mol. The van der Waals surface area contributed by atoms with E-state index in [-0.39, 0.29) is 0 Å². The lowest BCUT2D eigenvalue weighted by Gasteiger charge is -1.86. The summed E-state index contributed by atoms with van der Waals surface area (Å²) < 4.78 is 0. The van der Waals surface area contributed by atoms with Gasteiger partial charge in [0.15, 0.2) is 0 Å². The molecule has 1 aromatic rings. The minimum Gasteiger partial charge on any atom is -0.0843 e. The van der Waals surface area contributed by atoms with Crippen LogP contribution in [0.25, 0.3) is 0 Å². The summed E-state index contributed by atoms with van der Waals surface area (Å²) in [7, 11) is 0. The van der Waals surface area contributed by atoms with Crippen LogP contribution >= 0.6 is 23.2 Å². The molecule has 0 radical (unpaired) electrons. The molecule has 0 amide bonds. The Bertz CT molecular complexity index is 166. The number of hydrogen-bond donors (Lipinski definition) is 0. The zero-order valence-electron chi connectivity index (χ0n) is 4.07. The third-order valence-electron chi connectivity index (χ3n) is 0.787. The molecule has 0 N–H and O–H groups in total. The minimum atomic E-state index is 0.678. The molecule has 0 fully saturated rings. The van der Waals surface area contributed by atoms with Crippen molar-refractivity contribution in [2.45, 2.75) is 0 Å². The molecule has 42 valence electrons. The molecule has 2 heteroatoms. The lowest BCUT2D eigenvalue weighted by Crippen LogP contribution is -1.61. The van der Waals surface area contributed by atoms with Gasteiger partial charge in [-0.1, -0.05) is 29.3 Å². The summed E-state index contributed by atoms with van der Waals surface area (Å²) >= 11 is 11.1. The van der Waals surface area contributed by atoms with E-state index in [4.69, 9.17) is 23.2 Å². The van der Waals surface area contributed by atoms with Crippen molar-refractivity contribution in [1.82, 2.24) is 0 Å². The van der Waals surface area contributed by atoms with Crippen molar-refractivity contribution >= 4 is 23.2 Å². The van der Waals surface area contributed by atoms with Gasteiger partial charge in [0, 0.05) is 10.0 Å². The average molecular weight is 146 g/mol. The van der Waals surface area contributed by atoms with Crippen LogP contribution in [0.3, 0.4) is 0 Å². The Morgan fingerprint density at radius 3 is 1.75 bits per heavy atom. The molecule has 0 aliphatic carbocycles. The molecule has 0 heterocycles. The molecule has 0 aliphatic heterocycles. The van der Waals surface area contributed by atoms with E-state index in [1.807, 2.05) is 6.07 Å². The minimum absolute atomic E-state index is 0.678. The van der Waals surface area contributed by atoms with Gasteiger partial charge in [0.25, 0.3) is 0 Å². The van der Waals surface area contributed by atoms with E-state index >= 15 is 0 Å². The van der Waals surface area contributed by atoms with Crippen molar-refractivity contribution in [2.75, 3.05) is 0 Å². The van der Waals surface area contributed by atoms with Gasteiger partial charge in [-0.15, -0.1) is 0 Å². The Balaban J connectivity index is 3.08. The molecule has 0 nitrogen and oxygen atoms in total. The normalized spacial score (nSPS) is 9.25. The van der Waals surface area contributed by atoms with Crippen molar-refractivity contribution in [3.8, 4) is 0 Å². The second-order valence-corrected chi connectivity index (χ2v) is 2.31. The van der Waals surface area contributed by atoms with Crippen LogP contribution in [-0.4, -0.2) is 0 Å². The summed E-state index contributed by atoms with van der Waals surface area (Å²) in [5, 5.41) is 1.36. The number of hydrogen-bond acceptors (Lipinski definition) is 0. The molecule has 0 atom stereocenters. The average Bonchev–Trinajstić information content (AvgIpc) is 1.64. The number of benzene rings is 1. The first-order valence-corrected chi connectivity index (χ1v) is 2.96. The first-order valence-electron chi connectivity index (χ1n) is 2.20. The van der Waals surface area contributed by atoms with Crippen LogP contribution in [0, 0.1) is 0 Å². The molecule has 0 aliphatic rings. The smallest absolute Gasteiger partial charge is 0.0420 e. The summed E-state index contributed by atoms with van der Waals surface area (Å²) in [4.78, 5) is 0. The summed E-state index contributed by atoms with van der Waals surface area (Å²) in [5.41, 5.74) is 0. The molecular formula is C6H4Cl2. The maximum atomic E-state index is 5.56. The maximum absolute atomic E-state index is 5.56. The Morgan fingerprint density at radius 1 is 1.00 bits per heavy atom. The molecule has 0 aromatic heterocycles. The third-order valence-corrected chi connectivity index (χ3v) is 1.26. The molecule has 0 saturated carbocycles. The highest BCUT2D eigenvalue weighted by atomic mass is 35.0. The summed E-state index contributed by atoms with van der Waals surface area (Å²) in [5.74, 6) is 0. The van der Waals surface area contributed by atoms with Crippen molar-refractivity contribution in [1.29, 1.82) is 0 Å². The van der Waals surface area contributed by atoms with Gasteiger partial charge in [-0.3, -0.25) is 0 Å². The zero-order valence-corrected chi connectivity index (χ0v) is 5.58. The molecule has 8 heavy (non-hydrogen) atoms. The predicted octanol–water partition coefficient (Wildman–Crippen LogP) is 2.99. The number of rotatable bonds is 0. The van der Waals surface area contributed by atoms with E-state index in [0.717, 1.165) is 0 Å². The Hall–Kier alpha value is -0.200. The number of halogens is 2. The van der Waals surface area contributed by atoms with Crippen LogP contribution in [0.15, 0.2) is 24.3 Å². The van der Waals surface area contributed by atoms with Gasteiger partial charge in [-0.2, -0.15) is 0 Å². The fraction of sp³-hybridized carbons (Fsp3) is 0. The fourth-order valence-electron chi connectivity index (χ4n) is 0.460. The second kappa shape index (κ2) is 2.38. The first kappa shape index (κ1) is 5.93. The van der Waals surface area contributed by atoms with Gasteiger partial charge in [0.1, 0.15) is 0 Å². The van der Waals surface area contributed by atoms with E-state index in [1.165, 1.54) is 0 Å². The van der Waals surface area contributed by atoms with Gasteiger partial charge in [-0.25, -0.2) is 0 Å². The van der Waals surface area contributed by atoms with E-state index in [2.05, 4.69) is 0 Å². The molecule has 0 saturated heterocycles. The lowest BCUT2D eigenvalue weighted by atomic mass is 10.4. The largest absolute Gasteiger partial charge is 0.0843 e. The van der Waals surface area contributed by atoms with E-state index < -0.39 is 0 Å². The second-order valence-electron chi connectivity index (χ2n) is 1.44. The summed E-state index contributed by atoms with van der Waals surface area (Å²) in [6, 6.07) is 7.08. The SMILES string of the molecule is [35Cl]c1cccc([35Cl])c1. The van der Waals surface area contributed by atoms with Crippen LogP contribution in [-0.2, 0) is 0 Å². The highest BCUT2D eigenvalue weighted by Crippen LogP contribution is 2.13. The highest BCUT2D eigenvalue weighted by Gasteiger charge is 1.84. The highest BCUT2D eigenvalue weighted by molar-refractivity contribution is 6.34. The standard InChI is InChI=1S/C6H4Cl2/c7-5-2-1-3-6(8)4-5/h1-4H/i7+0,8+0. The fourth-order valence-corrected chi connectivity index (χ4v) is 0.896. The topological polar surface area (TPSA) is 0 Å². The van der Waals surface area contributed by atoms with Gasteiger partial charge < -0.3 is 0 Å². The zero-order chi connectivity index (χ0) is 5.98. The first-order chi connectivity index (χ1) is 3.79.